The van der Waals surface area contributed by atoms with Gasteiger partial charge in [-0.2, -0.15) is 0 Å². The molecule has 0 saturated heterocycles. The molecule has 0 atom stereocenters. The predicted molar refractivity (Wildman–Crippen MR) is 82.4 cm³/mol. The largest absolute Gasteiger partial charge is 0.358 e. The van der Waals surface area contributed by atoms with Gasteiger partial charge in [0.15, 0.2) is 5.16 Å². The Balaban J connectivity index is 2.30. The molecule has 5 heteroatoms. The molecule has 0 fully saturated rings. The van der Waals surface area contributed by atoms with E-state index in [4.69, 9.17) is 0 Å². The van der Waals surface area contributed by atoms with Crippen LogP contribution in [0.4, 0.5) is 0 Å². The van der Waals surface area contributed by atoms with Gasteiger partial charge in [-0.25, -0.2) is 4.98 Å². The second kappa shape index (κ2) is 6.61. The highest BCUT2D eigenvalue weighted by atomic mass is 32.2. The first-order chi connectivity index (χ1) is 9.63. The minimum absolute atomic E-state index is 0.00157. The van der Waals surface area contributed by atoms with Crippen LogP contribution in [0.1, 0.15) is 25.3 Å². The summed E-state index contributed by atoms with van der Waals surface area (Å²) < 4.78 is 2.04. The van der Waals surface area contributed by atoms with Crippen molar-refractivity contribution in [3.8, 4) is 5.69 Å². The molecule has 1 N–H and O–H groups in total. The average Bonchev–Trinajstić information content (AvgIpc) is 2.92. The predicted octanol–water partition coefficient (Wildman–Crippen LogP) is 2.83. The van der Waals surface area contributed by atoms with Crippen molar-refractivity contribution in [2.45, 2.75) is 24.9 Å². The molecule has 0 aliphatic carbocycles. The minimum Gasteiger partial charge on any atom is -0.358 e. The molecule has 1 aromatic heterocycles. The quantitative estimate of drug-likeness (QED) is 0.861. The van der Waals surface area contributed by atoms with Crippen LogP contribution in [0.15, 0.2) is 41.8 Å². The summed E-state index contributed by atoms with van der Waals surface area (Å²) in [5.74, 6) is 0.809. The minimum atomic E-state index is 0.00157. The van der Waals surface area contributed by atoms with Crippen LogP contribution in [0.2, 0.25) is 0 Å². The molecule has 2 aromatic rings. The van der Waals surface area contributed by atoms with Crippen LogP contribution in [0.25, 0.3) is 5.69 Å². The average molecular weight is 289 g/mol. The molecule has 0 radical (unpaired) electrons. The van der Waals surface area contributed by atoms with Crippen LogP contribution in [-0.2, 0) is 4.79 Å². The van der Waals surface area contributed by atoms with Gasteiger partial charge in [-0.15, -0.1) is 0 Å². The summed E-state index contributed by atoms with van der Waals surface area (Å²) in [6.07, 6.45) is 3.71. The molecule has 2 rings (SSSR count). The van der Waals surface area contributed by atoms with Crippen molar-refractivity contribution < 1.29 is 4.79 Å². The standard InChI is InChI=1S/C15H19N3OS/c1-11(2)12-6-4-5-7-13(12)18-9-8-17-15(18)20-10-14(19)16-3/h4-9,11H,10H2,1-3H3,(H,16,19). The van der Waals surface area contributed by atoms with Crippen molar-refractivity contribution in [3.05, 3.63) is 42.2 Å². The van der Waals surface area contributed by atoms with Crippen LogP contribution in [0.3, 0.4) is 0 Å². The molecule has 1 heterocycles. The number of nitrogens with zero attached hydrogens (tertiary/aromatic N) is 2. The van der Waals surface area contributed by atoms with Crippen molar-refractivity contribution in [1.82, 2.24) is 14.9 Å². The monoisotopic (exact) mass is 289 g/mol. The first-order valence-electron chi connectivity index (χ1n) is 6.59. The van der Waals surface area contributed by atoms with E-state index in [2.05, 4.69) is 36.3 Å². The van der Waals surface area contributed by atoms with E-state index in [1.165, 1.54) is 17.3 Å². The maximum atomic E-state index is 11.4. The number of amides is 1. The normalized spacial score (nSPS) is 10.8. The highest BCUT2D eigenvalue weighted by Crippen LogP contribution is 2.26. The summed E-state index contributed by atoms with van der Waals surface area (Å²) in [4.78, 5) is 15.7. The third-order valence-electron chi connectivity index (χ3n) is 3.04. The molecule has 0 bridgehead atoms. The molecule has 0 unspecified atom stereocenters. The van der Waals surface area contributed by atoms with Gasteiger partial charge in [-0.3, -0.25) is 9.36 Å². The zero-order valence-corrected chi connectivity index (χ0v) is 12.8. The fourth-order valence-corrected chi connectivity index (χ4v) is 2.82. The zero-order chi connectivity index (χ0) is 14.5. The van der Waals surface area contributed by atoms with Crippen molar-refractivity contribution in [2.75, 3.05) is 12.8 Å². The number of imidazole rings is 1. The smallest absolute Gasteiger partial charge is 0.230 e. The van der Waals surface area contributed by atoms with Crippen molar-refractivity contribution in [2.24, 2.45) is 0 Å². The van der Waals surface area contributed by atoms with Gasteiger partial charge in [-0.1, -0.05) is 43.8 Å². The molecule has 0 aliphatic rings. The number of thioether (sulfide) groups is 1. The summed E-state index contributed by atoms with van der Waals surface area (Å²) in [5, 5.41) is 3.45. The lowest BCUT2D eigenvalue weighted by Gasteiger charge is -2.15. The molecule has 1 amide bonds. The van der Waals surface area contributed by atoms with Gasteiger partial charge in [0.25, 0.3) is 0 Å². The van der Waals surface area contributed by atoms with Crippen LogP contribution >= 0.6 is 11.8 Å². The maximum Gasteiger partial charge on any atom is 0.230 e. The maximum absolute atomic E-state index is 11.4. The van der Waals surface area contributed by atoms with Gasteiger partial charge < -0.3 is 5.32 Å². The fourth-order valence-electron chi connectivity index (χ4n) is 1.98. The Morgan fingerprint density at radius 2 is 2.15 bits per heavy atom. The van der Waals surface area contributed by atoms with Gasteiger partial charge in [0.05, 0.1) is 11.4 Å². The highest BCUT2D eigenvalue weighted by Gasteiger charge is 2.12. The number of carbonyl (C=O) groups is 1. The van der Waals surface area contributed by atoms with Crippen LogP contribution in [-0.4, -0.2) is 28.3 Å². The van der Waals surface area contributed by atoms with Crippen LogP contribution in [0.5, 0.6) is 0 Å². The number of para-hydroxylation sites is 1. The van der Waals surface area contributed by atoms with Gasteiger partial charge in [0, 0.05) is 19.4 Å². The summed E-state index contributed by atoms with van der Waals surface area (Å²) in [7, 11) is 1.64. The number of nitrogens with one attached hydrogen (secondary N) is 1. The number of benzene rings is 1. The molecular weight excluding hydrogens is 270 g/mol. The van der Waals surface area contributed by atoms with Gasteiger partial charge in [-0.05, 0) is 17.5 Å². The molecule has 0 aliphatic heterocycles. The van der Waals surface area contributed by atoms with E-state index in [0.717, 1.165) is 10.8 Å². The van der Waals surface area contributed by atoms with E-state index in [1.54, 1.807) is 13.2 Å². The lowest BCUT2D eigenvalue weighted by atomic mass is 10.0. The summed E-state index contributed by atoms with van der Waals surface area (Å²) >= 11 is 1.44. The molecular formula is C15H19N3OS. The van der Waals surface area contributed by atoms with E-state index in [-0.39, 0.29) is 5.91 Å². The van der Waals surface area contributed by atoms with Crippen molar-refractivity contribution in [3.63, 3.8) is 0 Å². The SMILES string of the molecule is CNC(=O)CSc1nccn1-c1ccccc1C(C)C. The number of hydrogen-bond donors (Lipinski definition) is 1. The van der Waals surface area contributed by atoms with Crippen LogP contribution in [0, 0.1) is 0 Å². The summed E-state index contributed by atoms with van der Waals surface area (Å²) in [6, 6.07) is 8.29. The zero-order valence-electron chi connectivity index (χ0n) is 12.0. The topological polar surface area (TPSA) is 46.9 Å². The Bertz CT molecular complexity index is 592. The Morgan fingerprint density at radius 1 is 1.40 bits per heavy atom. The Kier molecular flexibility index (Phi) is 4.84. The van der Waals surface area contributed by atoms with Crippen LogP contribution < -0.4 is 5.32 Å². The number of hydrogen-bond acceptors (Lipinski definition) is 3. The third kappa shape index (κ3) is 3.22. The van der Waals surface area contributed by atoms with E-state index in [1.807, 2.05) is 22.9 Å². The molecule has 1 aromatic carbocycles. The lowest BCUT2D eigenvalue weighted by Crippen LogP contribution is -2.20. The summed E-state index contributed by atoms with van der Waals surface area (Å²) in [5.41, 5.74) is 2.40. The number of carbonyl (C=O) groups excluding carboxylic acids is 1. The molecule has 4 nitrogen and oxygen atoms in total. The first-order valence-corrected chi connectivity index (χ1v) is 7.58. The lowest BCUT2D eigenvalue weighted by molar-refractivity contribution is -0.118. The fraction of sp³-hybridized carbons (Fsp3) is 0.333. The van der Waals surface area contributed by atoms with Crippen molar-refractivity contribution >= 4 is 17.7 Å². The third-order valence-corrected chi connectivity index (χ3v) is 4.00. The van der Waals surface area contributed by atoms with Gasteiger partial charge >= 0.3 is 0 Å². The van der Waals surface area contributed by atoms with E-state index >= 15 is 0 Å². The Morgan fingerprint density at radius 3 is 2.85 bits per heavy atom. The highest BCUT2D eigenvalue weighted by molar-refractivity contribution is 7.99. The Hall–Kier alpha value is -1.75. The van der Waals surface area contributed by atoms with E-state index in [0.29, 0.717) is 11.7 Å². The molecule has 0 spiro atoms. The van der Waals surface area contributed by atoms with Gasteiger partial charge in [0.1, 0.15) is 0 Å². The number of rotatable bonds is 5. The second-order valence-corrected chi connectivity index (χ2v) is 5.70. The van der Waals surface area contributed by atoms with Crippen molar-refractivity contribution in [1.29, 1.82) is 0 Å². The summed E-state index contributed by atoms with van der Waals surface area (Å²) in [6.45, 7) is 4.35. The molecule has 106 valence electrons. The number of aromatic nitrogens is 2. The Labute approximate surface area is 123 Å². The second-order valence-electron chi connectivity index (χ2n) is 4.76. The van der Waals surface area contributed by atoms with Gasteiger partial charge in [0.2, 0.25) is 5.91 Å². The molecule has 0 saturated carbocycles. The van der Waals surface area contributed by atoms with E-state index < -0.39 is 0 Å². The molecule has 20 heavy (non-hydrogen) atoms. The first kappa shape index (κ1) is 14.7. The van der Waals surface area contributed by atoms with E-state index in [9.17, 15) is 4.79 Å².